The Hall–Kier alpha value is -1.78. The molecule has 2 rings (SSSR count). The van der Waals surface area contributed by atoms with Crippen LogP contribution in [0, 0.1) is 5.82 Å². The van der Waals surface area contributed by atoms with Crippen molar-refractivity contribution in [3.05, 3.63) is 64.7 Å². The van der Waals surface area contributed by atoms with E-state index in [1.807, 2.05) is 0 Å². The van der Waals surface area contributed by atoms with E-state index >= 15 is 0 Å². The van der Waals surface area contributed by atoms with Crippen LogP contribution in [0.4, 0.5) is 4.39 Å². The molecule has 0 aliphatic carbocycles. The first-order valence-electron chi connectivity index (χ1n) is 7.09. The topological polar surface area (TPSA) is 55.5 Å². The summed E-state index contributed by atoms with van der Waals surface area (Å²) >= 11 is 5.59. The number of aryl methyl sites for hydroxylation is 1. The van der Waals surface area contributed by atoms with E-state index in [1.165, 1.54) is 24.3 Å². The summed E-state index contributed by atoms with van der Waals surface area (Å²) in [5.74, 6) is 0.407. The standard InChI is InChI=1S/C17H19ClFNO2/c1-11(18)2-5-15(21)6-3-12-8-14(19)9-13-4-7-16(10-20)22-17(12)13/h2,5-6,8-9,16,21H,1,3-4,7,10,20H2/b5-2-,15-6+/t16-/m1/s1. The minimum Gasteiger partial charge on any atom is -0.508 e. The lowest BCUT2D eigenvalue weighted by atomic mass is 9.97. The van der Waals surface area contributed by atoms with Gasteiger partial charge in [0.2, 0.25) is 0 Å². The summed E-state index contributed by atoms with van der Waals surface area (Å²) < 4.78 is 19.5. The van der Waals surface area contributed by atoms with Gasteiger partial charge in [0.05, 0.1) is 0 Å². The second-order valence-electron chi connectivity index (χ2n) is 5.18. The Morgan fingerprint density at radius 1 is 1.50 bits per heavy atom. The second kappa shape index (κ2) is 7.47. The number of aliphatic hydroxyl groups excluding tert-OH is 1. The Labute approximate surface area is 134 Å². The predicted molar refractivity (Wildman–Crippen MR) is 86.7 cm³/mol. The quantitative estimate of drug-likeness (QED) is 0.640. The highest BCUT2D eigenvalue weighted by Gasteiger charge is 2.22. The van der Waals surface area contributed by atoms with Crippen LogP contribution in [0.1, 0.15) is 17.5 Å². The first kappa shape index (κ1) is 16.6. The van der Waals surface area contributed by atoms with Gasteiger partial charge in [0.15, 0.2) is 0 Å². The molecule has 1 aromatic carbocycles. The Kier molecular flexibility index (Phi) is 5.63. The van der Waals surface area contributed by atoms with E-state index in [-0.39, 0.29) is 17.7 Å². The fourth-order valence-electron chi connectivity index (χ4n) is 2.37. The maximum Gasteiger partial charge on any atom is 0.126 e. The van der Waals surface area contributed by atoms with Gasteiger partial charge in [-0.25, -0.2) is 4.39 Å². The summed E-state index contributed by atoms with van der Waals surface area (Å²) in [6.45, 7) is 3.92. The molecule has 118 valence electrons. The molecule has 1 aromatic rings. The molecule has 0 amide bonds. The van der Waals surface area contributed by atoms with E-state index in [9.17, 15) is 9.50 Å². The van der Waals surface area contributed by atoms with Crippen LogP contribution in [0.15, 0.2) is 47.7 Å². The summed E-state index contributed by atoms with van der Waals surface area (Å²) in [4.78, 5) is 0. The van der Waals surface area contributed by atoms with E-state index in [1.54, 1.807) is 6.08 Å². The van der Waals surface area contributed by atoms with Crippen LogP contribution in [-0.4, -0.2) is 17.8 Å². The molecule has 0 fully saturated rings. The summed E-state index contributed by atoms with van der Waals surface area (Å²) in [5.41, 5.74) is 7.19. The van der Waals surface area contributed by atoms with Gasteiger partial charge in [0.1, 0.15) is 23.4 Å². The van der Waals surface area contributed by atoms with E-state index in [2.05, 4.69) is 6.58 Å². The Morgan fingerprint density at radius 3 is 2.95 bits per heavy atom. The molecule has 0 radical (unpaired) electrons. The molecule has 0 saturated carbocycles. The van der Waals surface area contributed by atoms with Gasteiger partial charge in [0, 0.05) is 17.1 Å². The molecule has 3 nitrogen and oxygen atoms in total. The molecule has 0 saturated heterocycles. The molecular formula is C17H19ClFNO2. The summed E-state index contributed by atoms with van der Waals surface area (Å²) in [7, 11) is 0. The SMILES string of the molecule is C=C(Cl)/C=C\C(O)=C/Cc1cc(F)cc2c1O[C@@H](CN)CC2. The van der Waals surface area contributed by atoms with Crippen molar-refractivity contribution >= 4 is 11.6 Å². The number of fused-ring (bicyclic) bond motifs is 1. The largest absolute Gasteiger partial charge is 0.508 e. The van der Waals surface area contributed by atoms with E-state index < -0.39 is 0 Å². The summed E-state index contributed by atoms with van der Waals surface area (Å²) in [6.07, 6.45) is 6.31. The second-order valence-corrected chi connectivity index (χ2v) is 5.67. The maximum atomic E-state index is 13.7. The molecule has 0 aromatic heterocycles. The first-order valence-corrected chi connectivity index (χ1v) is 7.47. The van der Waals surface area contributed by atoms with Crippen molar-refractivity contribution < 1.29 is 14.2 Å². The number of hydrogen-bond donors (Lipinski definition) is 2. The molecule has 5 heteroatoms. The molecule has 0 spiro atoms. The van der Waals surface area contributed by atoms with Crippen molar-refractivity contribution in [1.82, 2.24) is 0 Å². The van der Waals surface area contributed by atoms with Crippen LogP contribution in [0.3, 0.4) is 0 Å². The molecule has 1 aliphatic rings. The number of aliphatic hydroxyl groups is 1. The number of allylic oxidation sites excluding steroid dienone is 4. The van der Waals surface area contributed by atoms with Crippen LogP contribution in [0.2, 0.25) is 0 Å². The highest BCUT2D eigenvalue weighted by Crippen LogP contribution is 2.32. The summed E-state index contributed by atoms with van der Waals surface area (Å²) in [6, 6.07) is 2.91. The predicted octanol–water partition coefficient (Wildman–Crippen LogP) is 3.77. The van der Waals surface area contributed by atoms with Crippen LogP contribution in [0.5, 0.6) is 5.75 Å². The number of halogens is 2. The van der Waals surface area contributed by atoms with Gasteiger partial charge in [-0.3, -0.25) is 0 Å². The molecule has 1 heterocycles. The van der Waals surface area contributed by atoms with Crippen molar-refractivity contribution in [3.8, 4) is 5.75 Å². The lowest BCUT2D eigenvalue weighted by Crippen LogP contribution is -2.31. The highest BCUT2D eigenvalue weighted by molar-refractivity contribution is 6.30. The molecular weight excluding hydrogens is 305 g/mol. The average molecular weight is 324 g/mol. The van der Waals surface area contributed by atoms with Crippen LogP contribution < -0.4 is 10.5 Å². The van der Waals surface area contributed by atoms with E-state index in [0.717, 1.165) is 18.4 Å². The van der Waals surface area contributed by atoms with Crippen molar-refractivity contribution in [2.45, 2.75) is 25.4 Å². The number of nitrogens with two attached hydrogens (primary N) is 1. The van der Waals surface area contributed by atoms with Crippen LogP contribution >= 0.6 is 11.6 Å². The van der Waals surface area contributed by atoms with Crippen molar-refractivity contribution in [2.75, 3.05) is 6.54 Å². The zero-order valence-corrected chi connectivity index (χ0v) is 12.9. The molecule has 0 unspecified atom stereocenters. The van der Waals surface area contributed by atoms with Gasteiger partial charge in [0.25, 0.3) is 0 Å². The van der Waals surface area contributed by atoms with E-state index in [4.69, 9.17) is 22.1 Å². The monoisotopic (exact) mass is 323 g/mol. The normalized spacial score (nSPS) is 18.1. The zero-order chi connectivity index (χ0) is 16.1. The lowest BCUT2D eigenvalue weighted by Gasteiger charge is -2.27. The van der Waals surface area contributed by atoms with Gasteiger partial charge in [-0.15, -0.1) is 0 Å². The zero-order valence-electron chi connectivity index (χ0n) is 12.2. The molecule has 1 atom stereocenters. The third kappa shape index (κ3) is 4.36. The molecule has 0 bridgehead atoms. The van der Waals surface area contributed by atoms with Gasteiger partial charge < -0.3 is 15.6 Å². The first-order chi connectivity index (χ1) is 10.5. The molecule has 3 N–H and O–H groups in total. The Morgan fingerprint density at radius 2 is 2.27 bits per heavy atom. The van der Waals surface area contributed by atoms with Crippen molar-refractivity contribution in [2.24, 2.45) is 5.73 Å². The Bertz CT molecular complexity index is 625. The van der Waals surface area contributed by atoms with Gasteiger partial charge >= 0.3 is 0 Å². The third-order valence-corrected chi connectivity index (χ3v) is 3.58. The minimum absolute atomic E-state index is 0.0333. The summed E-state index contributed by atoms with van der Waals surface area (Å²) in [5, 5.41) is 10.1. The number of ether oxygens (including phenoxy) is 1. The smallest absolute Gasteiger partial charge is 0.126 e. The number of rotatable bonds is 5. The van der Waals surface area contributed by atoms with Crippen molar-refractivity contribution in [1.29, 1.82) is 0 Å². The van der Waals surface area contributed by atoms with Crippen molar-refractivity contribution in [3.63, 3.8) is 0 Å². The number of benzene rings is 1. The Balaban J connectivity index is 2.22. The highest BCUT2D eigenvalue weighted by atomic mass is 35.5. The molecule has 1 aliphatic heterocycles. The van der Waals surface area contributed by atoms with E-state index in [0.29, 0.717) is 29.3 Å². The maximum absolute atomic E-state index is 13.7. The van der Waals surface area contributed by atoms with Gasteiger partial charge in [-0.2, -0.15) is 0 Å². The average Bonchev–Trinajstić information content (AvgIpc) is 2.50. The van der Waals surface area contributed by atoms with Gasteiger partial charge in [-0.1, -0.05) is 18.2 Å². The fourth-order valence-corrected chi connectivity index (χ4v) is 2.43. The lowest BCUT2D eigenvalue weighted by molar-refractivity contribution is 0.179. The fraction of sp³-hybridized carbons (Fsp3) is 0.294. The van der Waals surface area contributed by atoms with Crippen LogP contribution in [-0.2, 0) is 12.8 Å². The third-order valence-electron chi connectivity index (χ3n) is 3.46. The number of hydrogen-bond acceptors (Lipinski definition) is 3. The van der Waals surface area contributed by atoms with Gasteiger partial charge in [-0.05, 0) is 55.2 Å². The molecule has 22 heavy (non-hydrogen) atoms. The van der Waals surface area contributed by atoms with Crippen LogP contribution in [0.25, 0.3) is 0 Å². The minimum atomic E-state index is -0.305.